The van der Waals surface area contributed by atoms with Gasteiger partial charge in [0.25, 0.3) is 15.6 Å². The molecule has 0 aliphatic rings. The summed E-state index contributed by atoms with van der Waals surface area (Å²) in [7, 11) is -9.78. The molecule has 0 aromatic heterocycles. The maximum Gasteiger partial charge on any atom is 2.00 e. The minimum Gasteiger partial charge on any atom is -0.756 e. The third-order valence-electron chi connectivity index (χ3n) is 0. The Hall–Kier alpha value is 1.02. The van der Waals surface area contributed by atoms with Gasteiger partial charge in [-0.2, -0.15) is 0 Å². The van der Waals surface area contributed by atoms with Gasteiger partial charge in [-0.25, -0.2) is 0 Å². The predicted octanol–water partition coefficient (Wildman–Crippen LogP) is -3.50. The molecule has 0 atom stereocenters. The standard InChI is InChI=1S/2H3O4P.Sn/c2*1-5(2,3)4;/h2*(H3,1,2,3,4);/q;;+2/p-2. The van der Waals surface area contributed by atoms with E-state index in [1.165, 1.54) is 0 Å². The molecule has 0 saturated carbocycles. The van der Waals surface area contributed by atoms with Crippen molar-refractivity contribution in [2.24, 2.45) is 0 Å². The molecule has 0 saturated heterocycles. The Bertz CT molecular complexity index is 124. The van der Waals surface area contributed by atoms with Gasteiger partial charge in [0.2, 0.25) is 0 Å². The van der Waals surface area contributed by atoms with Crippen LogP contribution >= 0.6 is 15.6 Å². The molecule has 0 amide bonds. The predicted molar refractivity (Wildman–Crippen MR) is 29.8 cm³/mol. The molecule has 0 fully saturated rings. The first-order valence-corrected chi connectivity index (χ1v) is 4.59. The molecule has 0 aliphatic heterocycles. The van der Waals surface area contributed by atoms with Crippen LogP contribution in [0.25, 0.3) is 0 Å². The Kier molecular flexibility index (Phi) is 10.6. The van der Waals surface area contributed by atoms with Crippen LogP contribution in [-0.2, 0) is 9.13 Å². The van der Waals surface area contributed by atoms with Crippen molar-refractivity contribution in [2.45, 2.75) is 0 Å². The molecule has 66 valence electrons. The van der Waals surface area contributed by atoms with Crippen LogP contribution in [0.4, 0.5) is 0 Å². The third-order valence-corrected chi connectivity index (χ3v) is 0. The van der Waals surface area contributed by atoms with Crippen molar-refractivity contribution >= 4 is 39.6 Å². The van der Waals surface area contributed by atoms with Crippen LogP contribution in [0.1, 0.15) is 0 Å². The van der Waals surface area contributed by atoms with Crippen LogP contribution in [0.2, 0.25) is 0 Å². The molecular formula is H4O8P2Sn. The molecule has 0 aromatic carbocycles. The molecular weight excluding hydrogens is 309 g/mol. The molecule has 0 unspecified atom stereocenters. The Morgan fingerprint density at radius 3 is 0.818 bits per heavy atom. The fourth-order valence-corrected chi connectivity index (χ4v) is 0. The van der Waals surface area contributed by atoms with Gasteiger partial charge in [0.05, 0.1) is 0 Å². The zero-order valence-corrected chi connectivity index (χ0v) is 9.46. The largest absolute Gasteiger partial charge is 2.00 e. The first kappa shape index (κ1) is 17.9. The second-order valence-corrected chi connectivity index (χ2v) is 2.94. The van der Waals surface area contributed by atoms with Crippen LogP contribution in [0, 0.1) is 0 Å². The van der Waals surface area contributed by atoms with Gasteiger partial charge >= 0.3 is 23.9 Å². The number of phosphoric acid groups is 2. The summed E-state index contributed by atoms with van der Waals surface area (Å²) in [6.45, 7) is 0. The molecule has 4 N–H and O–H groups in total. The topological polar surface area (TPSA) is 161 Å². The summed E-state index contributed by atoms with van der Waals surface area (Å²) in [5, 5.41) is 0. The number of rotatable bonds is 0. The van der Waals surface area contributed by atoms with Crippen molar-refractivity contribution in [2.75, 3.05) is 0 Å². The monoisotopic (exact) mass is 314 g/mol. The molecule has 0 rings (SSSR count). The molecule has 0 bridgehead atoms. The summed E-state index contributed by atoms with van der Waals surface area (Å²) < 4.78 is 17.5. The summed E-state index contributed by atoms with van der Waals surface area (Å²) in [5.41, 5.74) is 0. The van der Waals surface area contributed by atoms with E-state index < -0.39 is 15.6 Å². The Balaban J connectivity index is -0.000000107. The molecule has 0 spiro atoms. The molecule has 0 aromatic rings. The van der Waals surface area contributed by atoms with Crippen LogP contribution in [0.5, 0.6) is 0 Å². The van der Waals surface area contributed by atoms with Gasteiger partial charge in [0, 0.05) is 0 Å². The first-order valence-electron chi connectivity index (χ1n) is 1.53. The maximum atomic E-state index is 8.77. The zero-order chi connectivity index (χ0) is 9.00. The van der Waals surface area contributed by atoms with Crippen LogP contribution in [0.15, 0.2) is 0 Å². The average Bonchev–Trinajstić information content (AvgIpc) is 1.12. The summed E-state index contributed by atoms with van der Waals surface area (Å²) in [4.78, 5) is 45.8. The van der Waals surface area contributed by atoms with E-state index in [0.29, 0.717) is 0 Å². The molecule has 0 aliphatic carbocycles. The van der Waals surface area contributed by atoms with Crippen LogP contribution < -0.4 is 9.79 Å². The van der Waals surface area contributed by atoms with E-state index in [1.807, 2.05) is 0 Å². The smallest absolute Gasteiger partial charge is 0.756 e. The first-order chi connectivity index (χ1) is 4.00. The zero-order valence-electron chi connectivity index (χ0n) is 4.82. The van der Waals surface area contributed by atoms with Gasteiger partial charge in [-0.3, -0.25) is 9.13 Å². The van der Waals surface area contributed by atoms with E-state index in [1.54, 1.807) is 0 Å². The van der Waals surface area contributed by atoms with Gasteiger partial charge in [0.1, 0.15) is 0 Å². The maximum absolute atomic E-state index is 8.77. The van der Waals surface area contributed by atoms with E-state index in [2.05, 4.69) is 0 Å². The van der Waals surface area contributed by atoms with E-state index >= 15 is 0 Å². The summed E-state index contributed by atoms with van der Waals surface area (Å²) in [6, 6.07) is 0. The van der Waals surface area contributed by atoms with Gasteiger partial charge < -0.3 is 29.4 Å². The van der Waals surface area contributed by atoms with Crippen LogP contribution in [-0.4, -0.2) is 43.5 Å². The number of hydrogen-bond acceptors (Lipinski definition) is 4. The third kappa shape index (κ3) is 864. The van der Waals surface area contributed by atoms with E-state index in [4.69, 9.17) is 38.5 Å². The van der Waals surface area contributed by atoms with Crippen molar-refractivity contribution in [1.82, 2.24) is 0 Å². The minimum absolute atomic E-state index is 0. The summed E-state index contributed by atoms with van der Waals surface area (Å²) in [5.74, 6) is 0. The van der Waals surface area contributed by atoms with Crippen LogP contribution in [0.3, 0.4) is 0 Å². The normalized spacial score (nSPS) is 10.7. The Morgan fingerprint density at radius 1 is 0.818 bits per heavy atom. The minimum atomic E-state index is -4.89. The SMILES string of the molecule is O=P([O-])(O)O.O=P([O-])(O)O.[Sn+2]. The van der Waals surface area contributed by atoms with Gasteiger partial charge in [-0.15, -0.1) is 0 Å². The molecule has 2 radical (unpaired) electrons. The van der Waals surface area contributed by atoms with Crippen molar-refractivity contribution < 1.29 is 38.5 Å². The fourth-order valence-electron chi connectivity index (χ4n) is 0. The van der Waals surface area contributed by atoms with Crippen molar-refractivity contribution in [3.63, 3.8) is 0 Å². The van der Waals surface area contributed by atoms with E-state index in [-0.39, 0.29) is 23.9 Å². The van der Waals surface area contributed by atoms with E-state index in [0.717, 1.165) is 0 Å². The van der Waals surface area contributed by atoms with E-state index in [9.17, 15) is 0 Å². The second-order valence-electron chi connectivity index (χ2n) is 0.981. The molecule has 8 nitrogen and oxygen atoms in total. The Labute approximate surface area is 78.3 Å². The quantitative estimate of drug-likeness (QED) is 0.264. The fraction of sp³-hybridized carbons (Fsp3) is 0. The van der Waals surface area contributed by atoms with Gasteiger partial charge in [-0.1, -0.05) is 0 Å². The number of hydrogen-bond donors (Lipinski definition) is 4. The van der Waals surface area contributed by atoms with Gasteiger partial charge in [0.15, 0.2) is 0 Å². The Morgan fingerprint density at radius 2 is 0.818 bits per heavy atom. The van der Waals surface area contributed by atoms with Crippen molar-refractivity contribution in [3.8, 4) is 0 Å². The molecule has 11 heavy (non-hydrogen) atoms. The molecule has 11 heteroatoms. The van der Waals surface area contributed by atoms with Gasteiger partial charge in [-0.05, 0) is 0 Å². The average molecular weight is 313 g/mol. The summed E-state index contributed by atoms with van der Waals surface area (Å²) >= 11 is 0. The second kappa shape index (κ2) is 6.53. The summed E-state index contributed by atoms with van der Waals surface area (Å²) in [6.07, 6.45) is 0. The van der Waals surface area contributed by atoms with Crippen molar-refractivity contribution in [3.05, 3.63) is 0 Å². The molecule has 0 heterocycles. The van der Waals surface area contributed by atoms with Crippen molar-refractivity contribution in [1.29, 1.82) is 0 Å².